The van der Waals surface area contributed by atoms with Crippen LogP contribution in [0, 0.1) is 0 Å². The Hall–Kier alpha value is -2.20. The lowest BCUT2D eigenvalue weighted by molar-refractivity contribution is -0.125. The molecule has 0 aliphatic carbocycles. The number of hydrogen-bond donors (Lipinski definition) is 2. The topological polar surface area (TPSA) is 96.9 Å². The molecule has 148 valence electrons. The van der Waals surface area contributed by atoms with E-state index in [1.165, 1.54) is 17.4 Å². The molecule has 0 saturated heterocycles. The fourth-order valence-electron chi connectivity index (χ4n) is 2.50. The minimum atomic E-state index is -3.43. The Morgan fingerprint density at radius 1 is 1.32 bits per heavy atom. The molecule has 1 unspecified atom stereocenters. The van der Waals surface area contributed by atoms with Crippen LogP contribution in [0.4, 0.5) is 5.69 Å². The van der Waals surface area contributed by atoms with Crippen LogP contribution in [0.2, 0.25) is 4.34 Å². The van der Waals surface area contributed by atoms with E-state index in [-0.39, 0.29) is 18.2 Å². The first-order valence-corrected chi connectivity index (χ1v) is 11.2. The number of rotatable bonds is 8. The number of carbonyl (C=O) groups is 1. The summed E-state index contributed by atoms with van der Waals surface area (Å²) in [6.45, 7) is 3.65. The highest BCUT2D eigenvalue weighted by atomic mass is 35.5. The Bertz CT molecular complexity index is 1000. The molecule has 1 aromatic carbocycles. The molecule has 0 bridgehead atoms. The van der Waals surface area contributed by atoms with Gasteiger partial charge in [0.05, 0.1) is 15.0 Å². The SMILES string of the molecule is C=CCNS(=O)(=O)Cc1ccc(NC(=O)C2CC(c3ccc(Cl)s3)=NO2)cc1. The number of oxime groups is 1. The highest BCUT2D eigenvalue weighted by Crippen LogP contribution is 2.26. The van der Waals surface area contributed by atoms with Gasteiger partial charge in [0, 0.05) is 18.7 Å². The van der Waals surface area contributed by atoms with Gasteiger partial charge in [-0.2, -0.15) is 0 Å². The molecule has 1 aliphatic heterocycles. The standard InChI is InChI=1S/C18H18ClN3O4S2/c1-2-9-20-28(24,25)11-12-3-5-13(6-4-12)21-18(23)15-10-14(22-26-15)16-7-8-17(19)27-16/h2-8,15,20H,1,9-11H2,(H,21,23). The first-order chi connectivity index (χ1) is 13.4. The maximum atomic E-state index is 12.4. The van der Waals surface area contributed by atoms with Crippen LogP contribution < -0.4 is 10.0 Å². The van der Waals surface area contributed by atoms with Crippen molar-refractivity contribution in [1.82, 2.24) is 4.72 Å². The molecule has 0 spiro atoms. The Morgan fingerprint density at radius 2 is 2.07 bits per heavy atom. The van der Waals surface area contributed by atoms with Gasteiger partial charge in [0.1, 0.15) is 5.71 Å². The monoisotopic (exact) mass is 439 g/mol. The molecular weight excluding hydrogens is 422 g/mol. The summed E-state index contributed by atoms with van der Waals surface area (Å²) in [5.41, 5.74) is 1.83. The molecule has 1 aromatic heterocycles. The number of anilines is 1. The van der Waals surface area contributed by atoms with E-state index in [4.69, 9.17) is 16.4 Å². The third-order valence-electron chi connectivity index (χ3n) is 3.84. The van der Waals surface area contributed by atoms with Crippen molar-refractivity contribution in [3.63, 3.8) is 0 Å². The van der Waals surface area contributed by atoms with Crippen LogP contribution >= 0.6 is 22.9 Å². The normalized spacial score (nSPS) is 16.3. The van der Waals surface area contributed by atoms with Crippen molar-refractivity contribution >= 4 is 50.3 Å². The van der Waals surface area contributed by atoms with E-state index >= 15 is 0 Å². The summed E-state index contributed by atoms with van der Waals surface area (Å²) in [6, 6.07) is 10.2. The zero-order valence-corrected chi connectivity index (χ0v) is 17.1. The Labute approximate surface area is 172 Å². The highest BCUT2D eigenvalue weighted by molar-refractivity contribution is 7.88. The molecule has 10 heteroatoms. The number of halogens is 1. The smallest absolute Gasteiger partial charge is 0.268 e. The molecule has 2 heterocycles. The van der Waals surface area contributed by atoms with Gasteiger partial charge in [-0.15, -0.1) is 17.9 Å². The van der Waals surface area contributed by atoms with E-state index in [1.807, 2.05) is 6.07 Å². The van der Waals surface area contributed by atoms with Crippen LogP contribution in [-0.4, -0.2) is 32.7 Å². The van der Waals surface area contributed by atoms with Gasteiger partial charge in [0.2, 0.25) is 16.1 Å². The first-order valence-electron chi connectivity index (χ1n) is 8.33. The number of sulfonamides is 1. The van der Waals surface area contributed by atoms with Crippen molar-refractivity contribution in [3.8, 4) is 0 Å². The molecule has 28 heavy (non-hydrogen) atoms. The molecule has 3 rings (SSSR count). The van der Waals surface area contributed by atoms with Gasteiger partial charge in [-0.3, -0.25) is 4.79 Å². The van der Waals surface area contributed by atoms with E-state index in [0.717, 1.165) is 4.88 Å². The maximum Gasteiger partial charge on any atom is 0.268 e. The van der Waals surface area contributed by atoms with Gasteiger partial charge in [-0.05, 0) is 29.8 Å². The Morgan fingerprint density at radius 3 is 2.71 bits per heavy atom. The predicted octanol–water partition coefficient (Wildman–Crippen LogP) is 3.14. The van der Waals surface area contributed by atoms with E-state index in [2.05, 4.69) is 21.8 Å². The molecule has 7 nitrogen and oxygen atoms in total. The van der Waals surface area contributed by atoms with Crippen LogP contribution in [0.1, 0.15) is 16.9 Å². The average Bonchev–Trinajstić information content (AvgIpc) is 3.30. The minimum Gasteiger partial charge on any atom is -0.382 e. The molecule has 2 N–H and O–H groups in total. The van der Waals surface area contributed by atoms with E-state index < -0.39 is 16.1 Å². The summed E-state index contributed by atoms with van der Waals surface area (Å²) in [5, 5.41) is 6.72. The molecule has 0 radical (unpaired) electrons. The van der Waals surface area contributed by atoms with E-state index in [9.17, 15) is 13.2 Å². The fraction of sp³-hybridized carbons (Fsp3) is 0.222. The Balaban J connectivity index is 1.54. The molecule has 0 saturated carbocycles. The van der Waals surface area contributed by atoms with Crippen molar-refractivity contribution in [2.75, 3.05) is 11.9 Å². The number of nitrogens with zero attached hydrogens (tertiary/aromatic N) is 1. The number of thiophene rings is 1. The lowest BCUT2D eigenvalue weighted by atomic mass is 10.1. The van der Waals surface area contributed by atoms with Gasteiger partial charge in [-0.25, -0.2) is 13.1 Å². The number of benzene rings is 1. The van der Waals surface area contributed by atoms with Crippen molar-refractivity contribution in [3.05, 3.63) is 63.8 Å². The number of carbonyl (C=O) groups excluding carboxylic acids is 1. The average molecular weight is 440 g/mol. The fourth-order valence-corrected chi connectivity index (χ4v) is 4.63. The van der Waals surface area contributed by atoms with E-state index in [1.54, 1.807) is 30.3 Å². The Kier molecular flexibility index (Phi) is 6.50. The van der Waals surface area contributed by atoms with Crippen molar-refractivity contribution < 1.29 is 18.0 Å². The molecule has 2 aromatic rings. The van der Waals surface area contributed by atoms with Crippen molar-refractivity contribution in [2.24, 2.45) is 5.16 Å². The lowest BCUT2D eigenvalue weighted by Crippen LogP contribution is -2.28. The lowest BCUT2D eigenvalue weighted by Gasteiger charge is -2.10. The van der Waals surface area contributed by atoms with Crippen molar-refractivity contribution in [2.45, 2.75) is 18.3 Å². The van der Waals surface area contributed by atoms with Crippen molar-refractivity contribution in [1.29, 1.82) is 0 Å². The molecular formula is C18H18ClN3O4S2. The molecule has 1 amide bonds. The minimum absolute atomic E-state index is 0.151. The predicted molar refractivity (Wildman–Crippen MR) is 111 cm³/mol. The first kappa shape index (κ1) is 20.5. The maximum absolute atomic E-state index is 12.4. The second kappa shape index (κ2) is 8.87. The van der Waals surface area contributed by atoms with Gasteiger partial charge in [0.25, 0.3) is 5.91 Å². The molecule has 1 atom stereocenters. The summed E-state index contributed by atoms with van der Waals surface area (Å²) in [7, 11) is -3.43. The van der Waals surface area contributed by atoms with Gasteiger partial charge in [-0.1, -0.05) is 35.0 Å². The summed E-state index contributed by atoms with van der Waals surface area (Å²) in [4.78, 5) is 18.5. The third kappa shape index (κ3) is 5.41. The number of hydrogen-bond acceptors (Lipinski definition) is 6. The van der Waals surface area contributed by atoms with Crippen LogP contribution in [0.15, 0.2) is 54.2 Å². The summed E-state index contributed by atoms with van der Waals surface area (Å²) < 4.78 is 26.8. The largest absolute Gasteiger partial charge is 0.382 e. The zero-order valence-electron chi connectivity index (χ0n) is 14.7. The zero-order chi connectivity index (χ0) is 20.1. The number of nitrogens with one attached hydrogen (secondary N) is 2. The second-order valence-electron chi connectivity index (χ2n) is 6.02. The van der Waals surface area contributed by atoms with E-state index in [0.29, 0.717) is 27.7 Å². The van der Waals surface area contributed by atoms with Gasteiger partial charge in [0.15, 0.2) is 0 Å². The third-order valence-corrected chi connectivity index (χ3v) is 6.44. The van der Waals surface area contributed by atoms with Crippen LogP contribution in [0.25, 0.3) is 0 Å². The summed E-state index contributed by atoms with van der Waals surface area (Å²) in [5.74, 6) is -0.476. The highest BCUT2D eigenvalue weighted by Gasteiger charge is 2.29. The van der Waals surface area contributed by atoms with Crippen LogP contribution in [0.5, 0.6) is 0 Å². The second-order valence-corrected chi connectivity index (χ2v) is 9.54. The number of amides is 1. The van der Waals surface area contributed by atoms with Crippen LogP contribution in [0.3, 0.4) is 0 Å². The summed E-state index contributed by atoms with van der Waals surface area (Å²) >= 11 is 7.30. The van der Waals surface area contributed by atoms with Gasteiger partial charge >= 0.3 is 0 Å². The van der Waals surface area contributed by atoms with Gasteiger partial charge < -0.3 is 10.2 Å². The summed E-state index contributed by atoms with van der Waals surface area (Å²) in [6.07, 6.45) is 1.11. The molecule has 0 fully saturated rings. The molecule has 1 aliphatic rings. The van der Waals surface area contributed by atoms with Crippen LogP contribution in [-0.2, 0) is 25.4 Å². The quantitative estimate of drug-likeness (QED) is 0.617.